The Morgan fingerprint density at radius 1 is 1.21 bits per heavy atom. The summed E-state index contributed by atoms with van der Waals surface area (Å²) in [4.78, 5) is 4.07. The third-order valence-electron chi connectivity index (χ3n) is 2.51. The lowest BCUT2D eigenvalue weighted by atomic mass is 10.2. The number of aromatic nitrogens is 1. The molecule has 0 aliphatic heterocycles. The molecule has 0 spiro atoms. The van der Waals surface area contributed by atoms with Gasteiger partial charge in [0.15, 0.2) is 9.84 Å². The fourth-order valence-electron chi connectivity index (χ4n) is 1.64. The van der Waals surface area contributed by atoms with Gasteiger partial charge in [-0.3, -0.25) is 0 Å². The molecule has 0 aliphatic carbocycles. The van der Waals surface area contributed by atoms with Gasteiger partial charge in [0.25, 0.3) is 0 Å². The fraction of sp³-hybridized carbons (Fsp3) is 0.0769. The molecule has 0 saturated heterocycles. The molecule has 0 radical (unpaired) electrons. The Bertz CT molecular complexity index is 751. The first kappa shape index (κ1) is 13.7. The first-order valence-electron chi connectivity index (χ1n) is 5.36. The molecule has 0 bridgehead atoms. The molecule has 0 saturated carbocycles. The highest BCUT2D eigenvalue weighted by Gasteiger charge is 2.19. The maximum absolute atomic E-state index is 12.3. The van der Waals surface area contributed by atoms with Gasteiger partial charge in [-0.15, -0.1) is 0 Å². The van der Waals surface area contributed by atoms with Gasteiger partial charge in [0, 0.05) is 16.2 Å². The standard InChI is InChI=1S/C13H9BrN2O2S/c14-11-5-1-2-6-13(11)19(17,18)9-10-4-3-7-16-12(10)8-15/h1-7H,9H2. The summed E-state index contributed by atoms with van der Waals surface area (Å²) in [5.74, 6) is -0.244. The molecule has 0 atom stereocenters. The molecular formula is C13H9BrN2O2S. The van der Waals surface area contributed by atoms with Crippen LogP contribution in [0.15, 0.2) is 52.0 Å². The molecule has 0 unspecified atom stereocenters. The van der Waals surface area contributed by atoms with Crippen LogP contribution >= 0.6 is 15.9 Å². The number of hydrogen-bond donors (Lipinski definition) is 0. The summed E-state index contributed by atoms with van der Waals surface area (Å²) in [5, 5.41) is 8.92. The van der Waals surface area contributed by atoms with E-state index in [0.717, 1.165) is 0 Å². The summed E-state index contributed by atoms with van der Waals surface area (Å²) >= 11 is 3.22. The molecule has 19 heavy (non-hydrogen) atoms. The van der Waals surface area contributed by atoms with Crippen LogP contribution in [-0.2, 0) is 15.6 Å². The molecule has 2 aromatic rings. The molecule has 1 aromatic carbocycles. The molecule has 4 nitrogen and oxygen atoms in total. The number of hydrogen-bond acceptors (Lipinski definition) is 4. The highest BCUT2D eigenvalue weighted by Crippen LogP contribution is 2.25. The molecule has 0 aliphatic rings. The lowest BCUT2D eigenvalue weighted by Gasteiger charge is -2.07. The summed E-state index contributed by atoms with van der Waals surface area (Å²) in [6.07, 6.45) is 1.47. The van der Waals surface area contributed by atoms with Gasteiger partial charge in [0.2, 0.25) is 0 Å². The van der Waals surface area contributed by atoms with E-state index in [9.17, 15) is 8.42 Å². The van der Waals surface area contributed by atoms with Gasteiger partial charge in [0.1, 0.15) is 11.8 Å². The Hall–Kier alpha value is -1.71. The minimum absolute atomic E-state index is 0.137. The van der Waals surface area contributed by atoms with Crippen LogP contribution in [0.5, 0.6) is 0 Å². The summed E-state index contributed by atoms with van der Waals surface area (Å²) in [7, 11) is -3.51. The van der Waals surface area contributed by atoms with Crippen molar-refractivity contribution < 1.29 is 8.42 Å². The number of nitriles is 1. The summed E-state index contributed by atoms with van der Waals surface area (Å²) in [5.41, 5.74) is 0.541. The summed E-state index contributed by atoms with van der Waals surface area (Å²) in [6.45, 7) is 0. The fourth-order valence-corrected chi connectivity index (χ4v) is 4.11. The van der Waals surface area contributed by atoms with Crippen molar-refractivity contribution in [2.75, 3.05) is 0 Å². The molecule has 96 valence electrons. The van der Waals surface area contributed by atoms with Crippen LogP contribution in [0.3, 0.4) is 0 Å². The van der Waals surface area contributed by atoms with Gasteiger partial charge >= 0.3 is 0 Å². The first-order chi connectivity index (χ1) is 9.04. The van der Waals surface area contributed by atoms with Gasteiger partial charge in [-0.05, 0) is 34.1 Å². The van der Waals surface area contributed by atoms with Gasteiger partial charge < -0.3 is 0 Å². The lowest BCUT2D eigenvalue weighted by Crippen LogP contribution is -2.07. The van der Waals surface area contributed by atoms with Crippen LogP contribution in [0.4, 0.5) is 0 Å². The second-order valence-electron chi connectivity index (χ2n) is 3.81. The third kappa shape index (κ3) is 3.00. The van der Waals surface area contributed by atoms with E-state index >= 15 is 0 Å². The van der Waals surface area contributed by atoms with Crippen LogP contribution < -0.4 is 0 Å². The van der Waals surface area contributed by atoms with E-state index in [2.05, 4.69) is 20.9 Å². The second kappa shape index (κ2) is 5.51. The maximum Gasteiger partial charge on any atom is 0.183 e. The normalized spacial score (nSPS) is 10.9. The number of benzene rings is 1. The number of nitrogens with zero attached hydrogens (tertiary/aromatic N) is 2. The smallest absolute Gasteiger partial charge is 0.183 e. The van der Waals surface area contributed by atoms with E-state index in [0.29, 0.717) is 10.0 Å². The van der Waals surface area contributed by atoms with E-state index in [1.807, 2.05) is 6.07 Å². The van der Waals surface area contributed by atoms with Crippen LogP contribution in [0.2, 0.25) is 0 Å². The SMILES string of the molecule is N#Cc1ncccc1CS(=O)(=O)c1ccccc1Br. The zero-order chi connectivity index (χ0) is 13.9. The zero-order valence-corrected chi connectivity index (χ0v) is 12.1. The summed E-state index contributed by atoms with van der Waals surface area (Å²) in [6, 6.07) is 11.7. The van der Waals surface area contributed by atoms with Crippen molar-refractivity contribution >= 4 is 25.8 Å². The molecule has 1 aromatic heterocycles. The third-order valence-corrected chi connectivity index (χ3v) is 5.19. The Morgan fingerprint density at radius 2 is 1.95 bits per heavy atom. The molecule has 0 amide bonds. The van der Waals surface area contributed by atoms with E-state index in [1.165, 1.54) is 12.3 Å². The molecule has 0 fully saturated rings. The number of pyridine rings is 1. The molecular weight excluding hydrogens is 328 g/mol. The number of rotatable bonds is 3. The largest absolute Gasteiger partial charge is 0.245 e. The molecule has 1 heterocycles. The number of sulfone groups is 1. The Labute approximate surface area is 119 Å². The van der Waals surface area contributed by atoms with E-state index in [-0.39, 0.29) is 16.3 Å². The van der Waals surface area contributed by atoms with E-state index < -0.39 is 9.84 Å². The average Bonchev–Trinajstić information content (AvgIpc) is 2.39. The summed E-state index contributed by atoms with van der Waals surface area (Å²) < 4.78 is 25.2. The highest BCUT2D eigenvalue weighted by molar-refractivity contribution is 9.10. The van der Waals surface area contributed by atoms with Crippen molar-refractivity contribution in [1.82, 2.24) is 4.98 Å². The lowest BCUT2D eigenvalue weighted by molar-refractivity contribution is 0.594. The Kier molecular flexibility index (Phi) is 3.98. The predicted octanol–water partition coefficient (Wildman–Crippen LogP) is 2.69. The van der Waals surface area contributed by atoms with E-state index in [1.54, 1.807) is 30.3 Å². The van der Waals surface area contributed by atoms with Gasteiger partial charge in [-0.1, -0.05) is 18.2 Å². The second-order valence-corrected chi connectivity index (χ2v) is 6.62. The van der Waals surface area contributed by atoms with Crippen molar-refractivity contribution in [2.45, 2.75) is 10.6 Å². The van der Waals surface area contributed by atoms with E-state index in [4.69, 9.17) is 5.26 Å². The monoisotopic (exact) mass is 336 g/mol. The molecule has 0 N–H and O–H groups in total. The maximum atomic E-state index is 12.3. The van der Waals surface area contributed by atoms with Gasteiger partial charge in [-0.2, -0.15) is 5.26 Å². The first-order valence-corrected chi connectivity index (χ1v) is 7.80. The Morgan fingerprint density at radius 3 is 2.63 bits per heavy atom. The van der Waals surface area contributed by atoms with Crippen LogP contribution in [0.1, 0.15) is 11.3 Å². The predicted molar refractivity (Wildman–Crippen MR) is 74.0 cm³/mol. The average molecular weight is 337 g/mol. The quantitative estimate of drug-likeness (QED) is 0.863. The van der Waals surface area contributed by atoms with Gasteiger partial charge in [0.05, 0.1) is 10.6 Å². The van der Waals surface area contributed by atoms with Crippen molar-refractivity contribution in [3.8, 4) is 6.07 Å². The van der Waals surface area contributed by atoms with Crippen LogP contribution in [-0.4, -0.2) is 13.4 Å². The van der Waals surface area contributed by atoms with Crippen molar-refractivity contribution in [3.63, 3.8) is 0 Å². The minimum Gasteiger partial charge on any atom is -0.245 e. The molecule has 6 heteroatoms. The van der Waals surface area contributed by atoms with Crippen LogP contribution in [0.25, 0.3) is 0 Å². The van der Waals surface area contributed by atoms with Crippen LogP contribution in [0, 0.1) is 11.3 Å². The Balaban J connectivity index is 2.44. The minimum atomic E-state index is -3.51. The van der Waals surface area contributed by atoms with Crippen molar-refractivity contribution in [2.24, 2.45) is 0 Å². The van der Waals surface area contributed by atoms with Gasteiger partial charge in [-0.25, -0.2) is 13.4 Å². The zero-order valence-electron chi connectivity index (χ0n) is 9.75. The highest BCUT2D eigenvalue weighted by atomic mass is 79.9. The van der Waals surface area contributed by atoms with Crippen molar-refractivity contribution in [1.29, 1.82) is 5.26 Å². The van der Waals surface area contributed by atoms with Crippen molar-refractivity contribution in [3.05, 3.63) is 58.3 Å². The topological polar surface area (TPSA) is 70.8 Å². The number of halogens is 1. The molecule has 2 rings (SSSR count).